The number of nitrogens with two attached hydrogens (primary N) is 1. The van der Waals surface area contributed by atoms with Crippen LogP contribution in [0, 0.1) is 0 Å². The Morgan fingerprint density at radius 3 is 3.00 bits per heavy atom. The summed E-state index contributed by atoms with van der Waals surface area (Å²) in [6, 6.07) is 6.61. The lowest BCUT2D eigenvalue weighted by Gasteiger charge is -2.18. The van der Waals surface area contributed by atoms with Gasteiger partial charge in [0.2, 0.25) is 0 Å². The Balaban J connectivity index is 2.17. The number of nitrogens with zero attached hydrogens (tertiary/aromatic N) is 2. The minimum absolute atomic E-state index is 0.212. The molecule has 4 nitrogen and oxygen atoms in total. The molecule has 0 radical (unpaired) electrons. The van der Waals surface area contributed by atoms with E-state index in [-0.39, 0.29) is 6.04 Å². The van der Waals surface area contributed by atoms with Gasteiger partial charge in [0, 0.05) is 24.5 Å². The van der Waals surface area contributed by atoms with Crippen LogP contribution in [0.2, 0.25) is 0 Å². The second kappa shape index (κ2) is 4.53. The van der Waals surface area contributed by atoms with Gasteiger partial charge in [0.25, 0.3) is 0 Å². The topological polar surface area (TPSA) is 55.3 Å². The van der Waals surface area contributed by atoms with Crippen LogP contribution in [0.15, 0.2) is 30.6 Å². The molecule has 0 amide bonds. The first kappa shape index (κ1) is 11.0. The molecule has 0 aliphatic heterocycles. The number of imidazole rings is 1. The van der Waals surface area contributed by atoms with Gasteiger partial charge in [-0.3, -0.25) is 4.40 Å². The molecule has 3 N–H and O–H groups in total. The van der Waals surface area contributed by atoms with E-state index in [0.29, 0.717) is 6.04 Å². The maximum Gasteiger partial charge on any atom is 0.138 e. The Kier molecular flexibility index (Phi) is 3.10. The van der Waals surface area contributed by atoms with E-state index in [1.54, 1.807) is 6.20 Å². The third-order valence-corrected chi connectivity index (χ3v) is 2.55. The molecule has 4 heteroatoms. The third kappa shape index (κ3) is 2.33. The van der Waals surface area contributed by atoms with Crippen LogP contribution in [-0.2, 0) is 0 Å². The largest absolute Gasteiger partial charge is 0.369 e. The number of nitrogens with one attached hydrogen (secondary N) is 1. The molecule has 86 valence electrons. The standard InChI is InChI=1S/C12H18N4/c1-9(13)8-10(2)15-12-5-3-4-11-14-6-7-16(11)12/h3-7,9-10,15H,8,13H2,1-2H3. The van der Waals surface area contributed by atoms with Crippen molar-refractivity contribution in [3.05, 3.63) is 30.6 Å². The van der Waals surface area contributed by atoms with E-state index in [1.807, 2.05) is 35.7 Å². The minimum Gasteiger partial charge on any atom is -0.369 e. The predicted octanol–water partition coefficient (Wildman–Crippen LogP) is 1.87. The highest BCUT2D eigenvalue weighted by molar-refractivity contribution is 5.50. The van der Waals surface area contributed by atoms with Crippen LogP contribution >= 0.6 is 0 Å². The maximum absolute atomic E-state index is 5.78. The molecule has 2 aromatic rings. The van der Waals surface area contributed by atoms with Gasteiger partial charge in [-0.15, -0.1) is 0 Å². The Labute approximate surface area is 95.5 Å². The molecule has 0 aromatic carbocycles. The molecule has 16 heavy (non-hydrogen) atoms. The molecule has 2 rings (SSSR count). The van der Waals surface area contributed by atoms with E-state index >= 15 is 0 Å². The Morgan fingerprint density at radius 2 is 2.25 bits per heavy atom. The van der Waals surface area contributed by atoms with Gasteiger partial charge in [-0.2, -0.15) is 0 Å². The zero-order valence-electron chi connectivity index (χ0n) is 9.72. The third-order valence-electron chi connectivity index (χ3n) is 2.55. The molecule has 2 aromatic heterocycles. The Morgan fingerprint density at radius 1 is 1.44 bits per heavy atom. The molecule has 0 fully saturated rings. The molecule has 2 unspecified atom stereocenters. The zero-order valence-corrected chi connectivity index (χ0v) is 9.72. The summed E-state index contributed by atoms with van der Waals surface area (Å²) in [4.78, 5) is 4.25. The van der Waals surface area contributed by atoms with Crippen LogP contribution in [0.3, 0.4) is 0 Å². The van der Waals surface area contributed by atoms with Gasteiger partial charge in [-0.05, 0) is 32.4 Å². The van der Waals surface area contributed by atoms with Gasteiger partial charge in [-0.1, -0.05) is 6.07 Å². The van der Waals surface area contributed by atoms with Gasteiger partial charge in [-0.25, -0.2) is 4.98 Å². The minimum atomic E-state index is 0.212. The van der Waals surface area contributed by atoms with Crippen LogP contribution in [-0.4, -0.2) is 21.5 Å². The second-order valence-corrected chi connectivity index (χ2v) is 4.32. The van der Waals surface area contributed by atoms with E-state index in [0.717, 1.165) is 17.9 Å². The molecule has 2 heterocycles. The lowest BCUT2D eigenvalue weighted by molar-refractivity contribution is 0.603. The Hall–Kier alpha value is -1.55. The van der Waals surface area contributed by atoms with Crippen LogP contribution in [0.4, 0.5) is 5.82 Å². The first-order valence-corrected chi connectivity index (χ1v) is 5.61. The number of aromatic nitrogens is 2. The summed E-state index contributed by atoms with van der Waals surface area (Å²) in [7, 11) is 0. The van der Waals surface area contributed by atoms with Crippen molar-refractivity contribution in [3.8, 4) is 0 Å². The van der Waals surface area contributed by atoms with E-state index < -0.39 is 0 Å². The highest BCUT2D eigenvalue weighted by atomic mass is 15.1. The van der Waals surface area contributed by atoms with Crippen molar-refractivity contribution >= 4 is 11.5 Å². The van der Waals surface area contributed by atoms with Crippen molar-refractivity contribution in [2.75, 3.05) is 5.32 Å². The lowest BCUT2D eigenvalue weighted by Crippen LogP contribution is -2.26. The number of anilines is 1. The quantitative estimate of drug-likeness (QED) is 0.823. The van der Waals surface area contributed by atoms with Crippen LogP contribution in [0.1, 0.15) is 20.3 Å². The number of hydrogen-bond acceptors (Lipinski definition) is 3. The summed E-state index contributed by atoms with van der Waals surface area (Å²) in [6.07, 6.45) is 4.71. The SMILES string of the molecule is CC(N)CC(C)Nc1cccc2nccn12. The van der Waals surface area contributed by atoms with E-state index in [9.17, 15) is 0 Å². The average Bonchev–Trinajstić information content (AvgIpc) is 2.65. The fourth-order valence-corrected chi connectivity index (χ4v) is 1.93. The average molecular weight is 218 g/mol. The highest BCUT2D eigenvalue weighted by Gasteiger charge is 2.07. The highest BCUT2D eigenvalue weighted by Crippen LogP contribution is 2.13. The summed E-state index contributed by atoms with van der Waals surface area (Å²) < 4.78 is 2.04. The zero-order chi connectivity index (χ0) is 11.5. The van der Waals surface area contributed by atoms with Crippen molar-refractivity contribution in [3.63, 3.8) is 0 Å². The van der Waals surface area contributed by atoms with Gasteiger partial charge >= 0.3 is 0 Å². The molecule has 0 aliphatic carbocycles. The predicted molar refractivity (Wildman–Crippen MR) is 66.5 cm³/mol. The van der Waals surface area contributed by atoms with Gasteiger partial charge in [0.05, 0.1) is 0 Å². The van der Waals surface area contributed by atoms with Crippen molar-refractivity contribution in [1.82, 2.24) is 9.38 Å². The van der Waals surface area contributed by atoms with E-state index in [2.05, 4.69) is 17.2 Å². The van der Waals surface area contributed by atoms with E-state index in [1.165, 1.54) is 0 Å². The van der Waals surface area contributed by atoms with Gasteiger partial charge in [0.1, 0.15) is 11.5 Å². The summed E-state index contributed by atoms with van der Waals surface area (Å²) in [5, 5.41) is 3.45. The number of fused-ring (bicyclic) bond motifs is 1. The first-order valence-electron chi connectivity index (χ1n) is 5.61. The molecular weight excluding hydrogens is 200 g/mol. The van der Waals surface area contributed by atoms with E-state index in [4.69, 9.17) is 5.73 Å². The normalized spacial score (nSPS) is 14.9. The van der Waals surface area contributed by atoms with Gasteiger partial charge in [0.15, 0.2) is 0 Å². The number of rotatable bonds is 4. The van der Waals surface area contributed by atoms with Crippen molar-refractivity contribution in [2.45, 2.75) is 32.4 Å². The molecule has 2 atom stereocenters. The van der Waals surface area contributed by atoms with Gasteiger partial charge < -0.3 is 11.1 Å². The molecule has 0 spiro atoms. The second-order valence-electron chi connectivity index (χ2n) is 4.32. The fourth-order valence-electron chi connectivity index (χ4n) is 1.93. The smallest absolute Gasteiger partial charge is 0.138 e. The first-order chi connectivity index (χ1) is 7.66. The fraction of sp³-hybridized carbons (Fsp3) is 0.417. The maximum atomic E-state index is 5.78. The van der Waals surface area contributed by atoms with Crippen LogP contribution in [0.25, 0.3) is 5.65 Å². The van der Waals surface area contributed by atoms with Crippen molar-refractivity contribution in [1.29, 1.82) is 0 Å². The summed E-state index contributed by atoms with van der Waals surface area (Å²) in [6.45, 7) is 4.16. The summed E-state index contributed by atoms with van der Waals surface area (Å²) in [5.74, 6) is 1.06. The monoisotopic (exact) mass is 218 g/mol. The summed E-state index contributed by atoms with van der Waals surface area (Å²) >= 11 is 0. The molecule has 0 aliphatic rings. The van der Waals surface area contributed by atoms with Crippen LogP contribution in [0.5, 0.6) is 0 Å². The number of pyridine rings is 1. The molecular formula is C12H18N4. The number of hydrogen-bond donors (Lipinski definition) is 2. The molecule has 0 saturated carbocycles. The van der Waals surface area contributed by atoms with Crippen LogP contribution < -0.4 is 11.1 Å². The lowest BCUT2D eigenvalue weighted by atomic mass is 10.1. The van der Waals surface area contributed by atoms with Crippen molar-refractivity contribution < 1.29 is 0 Å². The molecule has 0 saturated heterocycles. The Bertz CT molecular complexity index is 461. The summed E-state index contributed by atoms with van der Waals surface area (Å²) in [5.41, 5.74) is 6.74. The van der Waals surface area contributed by atoms with Crippen molar-refractivity contribution in [2.24, 2.45) is 5.73 Å². The molecule has 0 bridgehead atoms.